The Hall–Kier alpha value is -3.19. The summed E-state index contributed by atoms with van der Waals surface area (Å²) in [7, 11) is 0. The number of H-pyrrole nitrogens is 1. The molecule has 186 valence electrons. The quantitative estimate of drug-likeness (QED) is 0.297. The fraction of sp³-hybridized carbons (Fsp3) is 0.310. The van der Waals surface area contributed by atoms with E-state index in [0.717, 1.165) is 54.5 Å². The molecule has 1 fully saturated rings. The second-order valence-corrected chi connectivity index (χ2v) is 10.5. The van der Waals surface area contributed by atoms with Crippen molar-refractivity contribution in [1.82, 2.24) is 25.0 Å². The monoisotopic (exact) mass is 501 g/mol. The van der Waals surface area contributed by atoms with Crippen molar-refractivity contribution in [2.24, 2.45) is 0 Å². The number of phenolic OH excluding ortho intramolecular Hbond substituents is 1. The lowest BCUT2D eigenvalue weighted by Gasteiger charge is -2.37. The summed E-state index contributed by atoms with van der Waals surface area (Å²) in [6, 6.07) is 19.9. The molecule has 1 saturated heterocycles. The zero-order valence-electron chi connectivity index (χ0n) is 20.8. The third kappa shape index (κ3) is 5.31. The Kier molecular flexibility index (Phi) is 7.10. The average Bonchev–Trinajstić information content (AvgIpc) is 3.58. The molecule has 1 aliphatic rings. The number of hydrogen-bond acceptors (Lipinski definition) is 5. The molecule has 0 saturated carbocycles. The minimum absolute atomic E-state index is 0.0433. The molecule has 36 heavy (non-hydrogen) atoms. The molecule has 6 nitrogen and oxygen atoms in total. The van der Waals surface area contributed by atoms with Crippen LogP contribution in [0.4, 0.5) is 0 Å². The van der Waals surface area contributed by atoms with Gasteiger partial charge in [0.15, 0.2) is 0 Å². The summed E-state index contributed by atoms with van der Waals surface area (Å²) in [5, 5.41) is 15.6. The van der Waals surface area contributed by atoms with Crippen LogP contribution in [0.1, 0.15) is 38.1 Å². The number of hydrogen-bond donors (Lipinski definition) is 2. The van der Waals surface area contributed by atoms with Crippen LogP contribution in [0, 0.1) is 0 Å². The summed E-state index contributed by atoms with van der Waals surface area (Å²) in [6.07, 6.45) is 6.00. The second kappa shape index (κ2) is 10.4. The molecule has 2 N–H and O–H groups in total. The van der Waals surface area contributed by atoms with E-state index in [9.17, 15) is 5.11 Å². The lowest BCUT2D eigenvalue weighted by atomic mass is 9.92. The van der Waals surface area contributed by atoms with Crippen molar-refractivity contribution >= 4 is 11.6 Å². The zero-order valence-corrected chi connectivity index (χ0v) is 21.5. The van der Waals surface area contributed by atoms with Gasteiger partial charge in [0.1, 0.15) is 11.6 Å². The maximum absolute atomic E-state index is 10.3. The van der Waals surface area contributed by atoms with E-state index in [1.165, 1.54) is 18.4 Å². The van der Waals surface area contributed by atoms with Crippen molar-refractivity contribution in [2.45, 2.75) is 38.6 Å². The first kappa shape index (κ1) is 24.5. The van der Waals surface area contributed by atoms with Gasteiger partial charge in [-0.1, -0.05) is 61.8 Å². The molecule has 0 spiro atoms. The summed E-state index contributed by atoms with van der Waals surface area (Å²) in [6.45, 7) is 8.31. The molecule has 0 aliphatic carbocycles. The molecule has 0 amide bonds. The fourth-order valence-electron chi connectivity index (χ4n) is 4.85. The first-order chi connectivity index (χ1) is 17.4. The first-order valence-corrected chi connectivity index (χ1v) is 12.8. The molecular formula is C29H32ClN5O. The number of phenols is 1. The van der Waals surface area contributed by atoms with Gasteiger partial charge < -0.3 is 10.1 Å². The van der Waals surface area contributed by atoms with E-state index < -0.39 is 0 Å². The number of aromatic nitrogens is 3. The molecule has 0 bridgehead atoms. The average molecular weight is 502 g/mol. The molecule has 7 heteroatoms. The SMILES string of the molecule is CC(C)(CN(Cc1ccccc1)N1CCCC1)c1nc(-c2ccc(Cl)c(O)c2)c(-c2ccncc2)[nH]1. The van der Waals surface area contributed by atoms with Gasteiger partial charge in [-0.3, -0.25) is 4.98 Å². The van der Waals surface area contributed by atoms with E-state index in [-0.39, 0.29) is 11.2 Å². The minimum Gasteiger partial charge on any atom is -0.506 e. The topological polar surface area (TPSA) is 68.3 Å². The molecule has 4 aromatic rings. The maximum Gasteiger partial charge on any atom is 0.134 e. The van der Waals surface area contributed by atoms with Gasteiger partial charge in [0.2, 0.25) is 0 Å². The van der Waals surface area contributed by atoms with Gasteiger partial charge >= 0.3 is 0 Å². The molecular weight excluding hydrogens is 470 g/mol. The van der Waals surface area contributed by atoms with Crippen LogP contribution in [0.3, 0.4) is 0 Å². The Bertz CT molecular complexity index is 1300. The number of nitrogens with zero attached hydrogens (tertiary/aromatic N) is 4. The van der Waals surface area contributed by atoms with Gasteiger partial charge in [0, 0.05) is 55.1 Å². The lowest BCUT2D eigenvalue weighted by Crippen LogP contribution is -2.46. The summed E-state index contributed by atoms with van der Waals surface area (Å²) >= 11 is 6.09. The number of benzene rings is 2. The van der Waals surface area contributed by atoms with E-state index in [1.807, 2.05) is 18.2 Å². The number of hydrazine groups is 1. The van der Waals surface area contributed by atoms with Crippen molar-refractivity contribution in [1.29, 1.82) is 0 Å². The summed E-state index contributed by atoms with van der Waals surface area (Å²) in [4.78, 5) is 12.9. The van der Waals surface area contributed by atoms with Gasteiger partial charge in [-0.05, 0) is 42.7 Å². The van der Waals surface area contributed by atoms with Crippen molar-refractivity contribution < 1.29 is 5.11 Å². The van der Waals surface area contributed by atoms with Crippen LogP contribution in [-0.4, -0.2) is 49.7 Å². The highest BCUT2D eigenvalue weighted by Gasteiger charge is 2.32. The van der Waals surface area contributed by atoms with Gasteiger partial charge in [0.05, 0.1) is 16.4 Å². The molecule has 0 radical (unpaired) electrons. The third-order valence-corrected chi connectivity index (χ3v) is 7.12. The number of imidazole rings is 1. The Morgan fingerprint density at radius 2 is 1.72 bits per heavy atom. The number of nitrogens with one attached hydrogen (secondary N) is 1. The Balaban J connectivity index is 1.51. The van der Waals surface area contributed by atoms with Crippen LogP contribution in [-0.2, 0) is 12.0 Å². The summed E-state index contributed by atoms with van der Waals surface area (Å²) in [5.41, 5.74) is 4.51. The summed E-state index contributed by atoms with van der Waals surface area (Å²) < 4.78 is 0. The Morgan fingerprint density at radius 3 is 2.42 bits per heavy atom. The highest BCUT2D eigenvalue weighted by Crippen LogP contribution is 2.37. The molecule has 0 atom stereocenters. The fourth-order valence-corrected chi connectivity index (χ4v) is 4.97. The smallest absolute Gasteiger partial charge is 0.134 e. The third-order valence-electron chi connectivity index (χ3n) is 6.80. The maximum atomic E-state index is 10.3. The first-order valence-electron chi connectivity index (χ1n) is 12.4. The molecule has 2 aromatic carbocycles. The van der Waals surface area contributed by atoms with E-state index >= 15 is 0 Å². The highest BCUT2D eigenvalue weighted by atomic mass is 35.5. The molecule has 1 aliphatic heterocycles. The molecule has 5 rings (SSSR count). The van der Waals surface area contributed by atoms with Crippen molar-refractivity contribution in [2.75, 3.05) is 19.6 Å². The zero-order chi connectivity index (χ0) is 25.1. The lowest BCUT2D eigenvalue weighted by molar-refractivity contribution is -0.0278. The van der Waals surface area contributed by atoms with Crippen LogP contribution in [0.2, 0.25) is 5.02 Å². The van der Waals surface area contributed by atoms with Crippen molar-refractivity contribution in [3.63, 3.8) is 0 Å². The number of pyridine rings is 1. The Labute approximate surface area is 217 Å². The van der Waals surface area contributed by atoms with Gasteiger partial charge in [-0.15, -0.1) is 0 Å². The van der Waals surface area contributed by atoms with Gasteiger partial charge in [-0.25, -0.2) is 15.0 Å². The van der Waals surface area contributed by atoms with E-state index in [4.69, 9.17) is 16.6 Å². The number of rotatable bonds is 8. The van der Waals surface area contributed by atoms with Crippen LogP contribution in [0.5, 0.6) is 5.75 Å². The predicted octanol–water partition coefficient (Wildman–Crippen LogP) is 6.29. The van der Waals surface area contributed by atoms with Crippen LogP contribution < -0.4 is 0 Å². The van der Waals surface area contributed by atoms with Crippen LogP contribution in [0.25, 0.3) is 22.5 Å². The van der Waals surface area contributed by atoms with Gasteiger partial charge in [0.25, 0.3) is 0 Å². The highest BCUT2D eigenvalue weighted by molar-refractivity contribution is 6.32. The Morgan fingerprint density at radius 1 is 1.00 bits per heavy atom. The largest absolute Gasteiger partial charge is 0.506 e. The van der Waals surface area contributed by atoms with Gasteiger partial charge in [-0.2, -0.15) is 0 Å². The normalized spacial score (nSPS) is 14.6. The predicted molar refractivity (Wildman–Crippen MR) is 145 cm³/mol. The van der Waals surface area contributed by atoms with E-state index in [0.29, 0.717) is 5.02 Å². The number of aromatic amines is 1. The van der Waals surface area contributed by atoms with E-state index in [2.05, 4.69) is 64.2 Å². The van der Waals surface area contributed by atoms with Crippen LogP contribution in [0.15, 0.2) is 73.1 Å². The molecule has 2 aromatic heterocycles. The minimum atomic E-state index is -0.272. The van der Waals surface area contributed by atoms with Crippen molar-refractivity contribution in [3.05, 3.63) is 89.5 Å². The molecule has 3 heterocycles. The molecule has 0 unspecified atom stereocenters. The number of halogens is 1. The summed E-state index contributed by atoms with van der Waals surface area (Å²) in [5.74, 6) is 0.942. The van der Waals surface area contributed by atoms with Crippen LogP contribution >= 0.6 is 11.6 Å². The number of aromatic hydroxyl groups is 1. The second-order valence-electron chi connectivity index (χ2n) is 10.1. The van der Waals surface area contributed by atoms with Crippen molar-refractivity contribution in [3.8, 4) is 28.3 Å². The standard InChI is InChI=1S/C29H32ClN5O/c1-29(2,20-35(34-16-6-7-17-34)19-21-8-4-3-5-9-21)28-32-26(22-12-14-31-15-13-22)27(33-28)23-10-11-24(30)25(36)18-23/h3-5,8-15,18,36H,6-7,16-17,19-20H2,1-2H3,(H,32,33). The van der Waals surface area contributed by atoms with E-state index in [1.54, 1.807) is 24.5 Å².